The summed E-state index contributed by atoms with van der Waals surface area (Å²) in [5, 5.41) is 24.0. The van der Waals surface area contributed by atoms with Crippen molar-refractivity contribution < 1.29 is 43.5 Å². The van der Waals surface area contributed by atoms with E-state index in [0.29, 0.717) is 0 Å². The first-order valence-corrected chi connectivity index (χ1v) is 14.2. The molecule has 0 unspecified atom stereocenters. The largest absolute Gasteiger partial charge is 0.462 e. The number of carbonyl (C=O) groups is 3. The average Bonchev–Trinajstić information content (AvgIpc) is 3.13. The topological polar surface area (TPSA) is 129 Å². The van der Waals surface area contributed by atoms with Gasteiger partial charge in [0.15, 0.2) is 6.10 Å². The van der Waals surface area contributed by atoms with Gasteiger partial charge in [0.05, 0.1) is 34.2 Å². The van der Waals surface area contributed by atoms with Gasteiger partial charge in [-0.1, -0.05) is 48.5 Å². The molecule has 2 aromatic carbocycles. The van der Waals surface area contributed by atoms with Crippen LogP contribution in [0.25, 0.3) is 6.08 Å². The van der Waals surface area contributed by atoms with E-state index in [1.807, 2.05) is 30.3 Å². The SMILES string of the molecule is CC(=O)O[C@H]1CC[C@](C)(O)[C@]23OC(C)(C)[C@H]([C@H](OC(=O)C=Cc4ccccc4)[C@H](OC(=O)c4ccccc4)[C@]12C)[C@H]3O. The molecule has 1 saturated heterocycles. The van der Waals surface area contributed by atoms with Gasteiger partial charge in [0.25, 0.3) is 0 Å². The molecule has 2 bridgehead atoms. The monoisotopic (exact) mass is 578 g/mol. The van der Waals surface area contributed by atoms with E-state index in [9.17, 15) is 24.6 Å². The van der Waals surface area contributed by atoms with Crippen molar-refractivity contribution in [2.75, 3.05) is 0 Å². The molecule has 1 spiro atoms. The predicted octanol–water partition coefficient (Wildman–Crippen LogP) is 3.86. The van der Waals surface area contributed by atoms with Crippen LogP contribution in [-0.2, 0) is 28.5 Å². The highest BCUT2D eigenvalue weighted by atomic mass is 16.6. The average molecular weight is 579 g/mol. The zero-order valence-corrected chi connectivity index (χ0v) is 24.5. The standard InChI is InChI=1S/C33H38O9/c1-20(34)39-23-18-19-31(4,38)33-27(36)25(30(2,3)42-33)26(40-24(35)17-16-21-12-8-6-9-13-21)28(32(23,33)5)41-29(37)22-14-10-7-11-15-22/h6-17,23,25-28,36,38H,18-19H2,1-5H3/t23-,25+,26-,27+,28-,31-,32-,33-/m0/s1. The first-order chi connectivity index (χ1) is 19.7. The van der Waals surface area contributed by atoms with Gasteiger partial charge in [0.1, 0.15) is 17.8 Å². The second kappa shape index (κ2) is 10.6. The van der Waals surface area contributed by atoms with Crippen LogP contribution in [0.5, 0.6) is 0 Å². The summed E-state index contributed by atoms with van der Waals surface area (Å²) >= 11 is 0. The molecule has 5 rings (SSSR count). The Morgan fingerprint density at radius 2 is 1.55 bits per heavy atom. The number of esters is 3. The number of aliphatic hydroxyl groups is 2. The quantitative estimate of drug-likeness (QED) is 0.298. The summed E-state index contributed by atoms with van der Waals surface area (Å²) in [5.74, 6) is -2.91. The van der Waals surface area contributed by atoms with Gasteiger partial charge in [-0.2, -0.15) is 0 Å². The van der Waals surface area contributed by atoms with E-state index in [-0.39, 0.29) is 18.4 Å². The summed E-state index contributed by atoms with van der Waals surface area (Å²) in [6.07, 6.45) is -1.60. The molecule has 8 atom stereocenters. The van der Waals surface area contributed by atoms with Crippen LogP contribution < -0.4 is 0 Å². The Kier molecular flexibility index (Phi) is 7.58. The van der Waals surface area contributed by atoms with Gasteiger partial charge >= 0.3 is 17.9 Å². The van der Waals surface area contributed by atoms with E-state index < -0.39 is 70.5 Å². The molecular formula is C33H38O9. The third-order valence-electron chi connectivity index (χ3n) is 9.40. The van der Waals surface area contributed by atoms with E-state index >= 15 is 0 Å². The number of benzene rings is 2. The third kappa shape index (κ3) is 4.64. The number of hydrogen-bond donors (Lipinski definition) is 2. The highest BCUT2D eigenvalue weighted by molar-refractivity contribution is 5.90. The van der Waals surface area contributed by atoms with E-state index in [1.54, 1.807) is 64.1 Å². The third-order valence-corrected chi connectivity index (χ3v) is 9.40. The Morgan fingerprint density at radius 1 is 0.929 bits per heavy atom. The van der Waals surface area contributed by atoms with Crippen molar-refractivity contribution in [3.63, 3.8) is 0 Å². The molecule has 3 aliphatic rings. The fourth-order valence-corrected chi connectivity index (χ4v) is 7.62. The van der Waals surface area contributed by atoms with Gasteiger partial charge in [-0.15, -0.1) is 0 Å². The summed E-state index contributed by atoms with van der Waals surface area (Å²) < 4.78 is 24.8. The maximum atomic E-state index is 13.6. The molecule has 2 saturated carbocycles. The summed E-state index contributed by atoms with van der Waals surface area (Å²) in [4.78, 5) is 39.2. The van der Waals surface area contributed by atoms with Crippen LogP contribution >= 0.6 is 0 Å². The Hall–Kier alpha value is -3.53. The number of ether oxygens (including phenoxy) is 4. The first kappa shape index (κ1) is 29.9. The van der Waals surface area contributed by atoms with Crippen LogP contribution in [0, 0.1) is 11.3 Å². The van der Waals surface area contributed by atoms with Crippen molar-refractivity contribution in [3.8, 4) is 0 Å². The van der Waals surface area contributed by atoms with Crippen LogP contribution in [0.15, 0.2) is 66.7 Å². The predicted molar refractivity (Wildman–Crippen MR) is 152 cm³/mol. The Labute approximate surface area is 245 Å². The lowest BCUT2D eigenvalue weighted by Crippen LogP contribution is -2.81. The van der Waals surface area contributed by atoms with E-state index in [1.165, 1.54) is 13.0 Å². The highest BCUT2D eigenvalue weighted by Crippen LogP contribution is 2.68. The minimum absolute atomic E-state index is 0.143. The first-order valence-electron chi connectivity index (χ1n) is 14.2. The normalized spacial score (nSPS) is 36.6. The lowest BCUT2D eigenvalue weighted by atomic mass is 9.47. The summed E-state index contributed by atoms with van der Waals surface area (Å²) in [6.45, 7) is 7.98. The Morgan fingerprint density at radius 3 is 2.17 bits per heavy atom. The zero-order valence-electron chi connectivity index (χ0n) is 24.5. The molecule has 0 radical (unpaired) electrons. The molecule has 42 heavy (non-hydrogen) atoms. The molecule has 9 nitrogen and oxygen atoms in total. The molecule has 1 heterocycles. The van der Waals surface area contributed by atoms with Crippen molar-refractivity contribution >= 4 is 24.0 Å². The maximum absolute atomic E-state index is 13.6. The fraction of sp³-hybridized carbons (Fsp3) is 0.485. The van der Waals surface area contributed by atoms with Gasteiger partial charge in [-0.3, -0.25) is 4.79 Å². The van der Waals surface area contributed by atoms with E-state index in [2.05, 4.69) is 0 Å². The van der Waals surface area contributed by atoms with Gasteiger partial charge in [-0.25, -0.2) is 9.59 Å². The van der Waals surface area contributed by atoms with Gasteiger partial charge in [0.2, 0.25) is 0 Å². The maximum Gasteiger partial charge on any atom is 0.338 e. The van der Waals surface area contributed by atoms with Crippen LogP contribution in [0.2, 0.25) is 0 Å². The van der Waals surface area contributed by atoms with Gasteiger partial charge < -0.3 is 29.2 Å². The van der Waals surface area contributed by atoms with Gasteiger partial charge in [-0.05, 0) is 64.3 Å². The molecule has 1 aliphatic heterocycles. The van der Waals surface area contributed by atoms with Crippen molar-refractivity contribution in [2.45, 2.75) is 88.7 Å². The molecule has 224 valence electrons. The molecular weight excluding hydrogens is 540 g/mol. The molecule has 2 N–H and O–H groups in total. The molecule has 0 aromatic heterocycles. The lowest BCUT2D eigenvalue weighted by molar-refractivity contribution is -0.335. The van der Waals surface area contributed by atoms with E-state index in [4.69, 9.17) is 18.9 Å². The fourth-order valence-electron chi connectivity index (χ4n) is 7.62. The zero-order chi connectivity index (χ0) is 30.5. The molecule has 2 aliphatic carbocycles. The molecule has 3 fully saturated rings. The summed E-state index contributed by atoms with van der Waals surface area (Å²) in [5.41, 5.74) is -5.01. The number of aliphatic hydroxyl groups excluding tert-OH is 1. The Bertz CT molecular complexity index is 1370. The van der Waals surface area contributed by atoms with Crippen molar-refractivity contribution in [3.05, 3.63) is 77.9 Å². The number of rotatable bonds is 6. The minimum Gasteiger partial charge on any atom is -0.462 e. The highest BCUT2D eigenvalue weighted by Gasteiger charge is 2.84. The van der Waals surface area contributed by atoms with Crippen molar-refractivity contribution in [1.29, 1.82) is 0 Å². The second-order valence-electron chi connectivity index (χ2n) is 12.4. The van der Waals surface area contributed by atoms with Crippen LogP contribution in [-0.4, -0.2) is 69.3 Å². The second-order valence-corrected chi connectivity index (χ2v) is 12.4. The van der Waals surface area contributed by atoms with Crippen molar-refractivity contribution in [1.82, 2.24) is 0 Å². The number of carbonyl (C=O) groups excluding carboxylic acids is 3. The van der Waals surface area contributed by atoms with Gasteiger partial charge in [0, 0.05) is 13.0 Å². The van der Waals surface area contributed by atoms with Crippen molar-refractivity contribution in [2.24, 2.45) is 11.3 Å². The molecule has 0 amide bonds. The smallest absolute Gasteiger partial charge is 0.338 e. The Balaban J connectivity index is 1.65. The van der Waals surface area contributed by atoms with Crippen LogP contribution in [0.1, 0.15) is 63.4 Å². The van der Waals surface area contributed by atoms with Crippen LogP contribution in [0.3, 0.4) is 0 Å². The number of fused-ring (bicyclic) bond motifs is 1. The van der Waals surface area contributed by atoms with Crippen LogP contribution in [0.4, 0.5) is 0 Å². The number of hydrogen-bond acceptors (Lipinski definition) is 9. The summed E-state index contributed by atoms with van der Waals surface area (Å²) in [7, 11) is 0. The lowest BCUT2D eigenvalue weighted by Gasteiger charge is -2.64. The molecule has 9 heteroatoms. The molecule has 2 aromatic rings. The van der Waals surface area contributed by atoms with E-state index in [0.717, 1.165) is 5.56 Å². The minimum atomic E-state index is -1.74. The summed E-state index contributed by atoms with van der Waals surface area (Å²) in [6, 6.07) is 17.5.